The third-order valence-electron chi connectivity index (χ3n) is 6.17. The highest BCUT2D eigenvalue weighted by Crippen LogP contribution is 2.44. The van der Waals surface area contributed by atoms with E-state index >= 15 is 0 Å². The van der Waals surface area contributed by atoms with E-state index < -0.39 is 0 Å². The molecule has 1 aromatic rings. The summed E-state index contributed by atoms with van der Waals surface area (Å²) in [6, 6.07) is 7.51. The fraction of sp³-hybridized carbons (Fsp3) is 0.667. The molecule has 2 aliphatic rings. The fourth-order valence-corrected chi connectivity index (χ4v) is 3.98. The van der Waals surface area contributed by atoms with E-state index in [1.165, 1.54) is 12.8 Å². The summed E-state index contributed by atoms with van der Waals surface area (Å²) in [6.45, 7) is 8.92. The Morgan fingerprint density at radius 3 is 1.46 bits per heavy atom. The monoisotopic (exact) mass is 384 g/mol. The van der Waals surface area contributed by atoms with Gasteiger partial charge in [-0.2, -0.15) is 0 Å². The number of anilines is 2. The van der Waals surface area contributed by atoms with Gasteiger partial charge in [0, 0.05) is 23.2 Å². The first-order valence-corrected chi connectivity index (χ1v) is 11.0. The summed E-state index contributed by atoms with van der Waals surface area (Å²) in [6.07, 6.45) is 6.74. The van der Waals surface area contributed by atoms with Gasteiger partial charge >= 0.3 is 0 Å². The minimum Gasteiger partial charge on any atom is -0.326 e. The highest BCUT2D eigenvalue weighted by Gasteiger charge is 2.43. The standard InChI is InChI=1S/C24H36N2O2/c1-15(2)5-7-17-13-21(17)23(27)25-19-9-11-20(12-10-19)26-24(28)22-14-18(22)8-6-16(3)4/h9-12,15-18,21-22H,5-8,13-14H2,1-4H3,(H,25,27)(H,26,28)/t17-,18-,21-,22+/m1/s1. The molecule has 0 unspecified atom stereocenters. The van der Waals surface area contributed by atoms with Gasteiger partial charge in [-0.3, -0.25) is 9.59 Å². The van der Waals surface area contributed by atoms with Crippen LogP contribution in [0.1, 0.15) is 66.2 Å². The molecular formula is C24H36N2O2. The van der Waals surface area contributed by atoms with Gasteiger partial charge in [0.2, 0.25) is 11.8 Å². The van der Waals surface area contributed by atoms with Crippen molar-refractivity contribution >= 4 is 23.2 Å². The van der Waals surface area contributed by atoms with Gasteiger partial charge < -0.3 is 10.6 Å². The Morgan fingerprint density at radius 1 is 0.786 bits per heavy atom. The van der Waals surface area contributed by atoms with E-state index in [0.717, 1.165) is 37.1 Å². The Labute approximate surface area is 169 Å². The first kappa shape index (κ1) is 20.9. The molecule has 2 N–H and O–H groups in total. The van der Waals surface area contributed by atoms with Crippen LogP contribution in [0.4, 0.5) is 11.4 Å². The van der Waals surface area contributed by atoms with Crippen LogP contribution in [0.5, 0.6) is 0 Å². The van der Waals surface area contributed by atoms with E-state index in [4.69, 9.17) is 0 Å². The van der Waals surface area contributed by atoms with Crippen molar-refractivity contribution in [1.29, 1.82) is 0 Å². The zero-order chi connectivity index (χ0) is 20.3. The number of hydrogen-bond donors (Lipinski definition) is 2. The molecule has 0 bridgehead atoms. The van der Waals surface area contributed by atoms with Crippen LogP contribution < -0.4 is 10.6 Å². The van der Waals surface area contributed by atoms with Gasteiger partial charge in [-0.15, -0.1) is 0 Å². The van der Waals surface area contributed by atoms with E-state index in [-0.39, 0.29) is 23.7 Å². The van der Waals surface area contributed by atoms with Crippen molar-refractivity contribution in [2.45, 2.75) is 66.2 Å². The molecule has 0 aromatic heterocycles. The molecule has 0 heterocycles. The maximum absolute atomic E-state index is 12.4. The zero-order valence-electron chi connectivity index (χ0n) is 17.8. The molecule has 2 amide bonds. The minimum absolute atomic E-state index is 0.136. The van der Waals surface area contributed by atoms with Crippen LogP contribution in [-0.4, -0.2) is 11.8 Å². The molecule has 28 heavy (non-hydrogen) atoms. The summed E-state index contributed by atoms with van der Waals surface area (Å²) >= 11 is 0. The van der Waals surface area contributed by atoms with Gasteiger partial charge in [0.05, 0.1) is 0 Å². The summed E-state index contributed by atoms with van der Waals surface area (Å²) in [4.78, 5) is 24.7. The summed E-state index contributed by atoms with van der Waals surface area (Å²) in [5.74, 6) is 3.15. The van der Waals surface area contributed by atoms with Crippen molar-refractivity contribution in [1.82, 2.24) is 0 Å². The molecule has 3 rings (SSSR count). The van der Waals surface area contributed by atoms with Gasteiger partial charge in [-0.25, -0.2) is 0 Å². The molecule has 0 radical (unpaired) electrons. The van der Waals surface area contributed by atoms with Crippen LogP contribution in [0.15, 0.2) is 24.3 Å². The van der Waals surface area contributed by atoms with Crippen molar-refractivity contribution in [3.8, 4) is 0 Å². The average Bonchev–Trinajstić information content (AvgIpc) is 3.53. The second-order valence-corrected chi connectivity index (χ2v) is 9.70. The topological polar surface area (TPSA) is 58.2 Å². The largest absolute Gasteiger partial charge is 0.326 e. The molecule has 0 saturated heterocycles. The summed E-state index contributed by atoms with van der Waals surface area (Å²) in [5.41, 5.74) is 1.61. The maximum atomic E-state index is 12.4. The van der Waals surface area contributed by atoms with Gasteiger partial charge in [0.1, 0.15) is 0 Å². The zero-order valence-corrected chi connectivity index (χ0v) is 17.8. The van der Waals surface area contributed by atoms with Crippen molar-refractivity contribution in [3.63, 3.8) is 0 Å². The average molecular weight is 385 g/mol. The molecule has 154 valence electrons. The molecule has 2 aliphatic carbocycles. The lowest BCUT2D eigenvalue weighted by Crippen LogP contribution is -2.16. The smallest absolute Gasteiger partial charge is 0.227 e. The number of carbonyl (C=O) groups excluding carboxylic acids is 2. The molecule has 2 fully saturated rings. The lowest BCUT2D eigenvalue weighted by atomic mass is 10.0. The van der Waals surface area contributed by atoms with Gasteiger partial charge in [0.15, 0.2) is 0 Å². The van der Waals surface area contributed by atoms with Gasteiger partial charge in [-0.1, -0.05) is 40.5 Å². The number of hydrogen-bond acceptors (Lipinski definition) is 2. The summed E-state index contributed by atoms with van der Waals surface area (Å²) in [7, 11) is 0. The normalized spacial score (nSPS) is 25.6. The quantitative estimate of drug-likeness (QED) is 0.543. The fourth-order valence-electron chi connectivity index (χ4n) is 3.98. The van der Waals surface area contributed by atoms with Crippen LogP contribution in [0.3, 0.4) is 0 Å². The predicted molar refractivity (Wildman–Crippen MR) is 115 cm³/mol. The lowest BCUT2D eigenvalue weighted by Gasteiger charge is -2.09. The third kappa shape index (κ3) is 6.08. The SMILES string of the molecule is CC(C)CC[C@@H]1C[C@@H]1C(=O)Nc1ccc(NC(=O)[C@@H]2C[C@H]2CCC(C)C)cc1. The van der Waals surface area contributed by atoms with E-state index in [1.54, 1.807) is 0 Å². The molecule has 2 saturated carbocycles. The van der Waals surface area contributed by atoms with Crippen molar-refractivity contribution in [2.24, 2.45) is 35.5 Å². The first-order chi connectivity index (χ1) is 13.3. The van der Waals surface area contributed by atoms with Crippen LogP contribution in [0.25, 0.3) is 0 Å². The summed E-state index contributed by atoms with van der Waals surface area (Å²) < 4.78 is 0. The third-order valence-corrected chi connectivity index (χ3v) is 6.17. The van der Waals surface area contributed by atoms with E-state index in [1.807, 2.05) is 24.3 Å². The van der Waals surface area contributed by atoms with E-state index in [0.29, 0.717) is 23.7 Å². The van der Waals surface area contributed by atoms with Gasteiger partial charge in [-0.05, 0) is 73.6 Å². The molecular weight excluding hydrogens is 348 g/mol. The second kappa shape index (κ2) is 9.11. The van der Waals surface area contributed by atoms with Gasteiger partial charge in [0.25, 0.3) is 0 Å². The van der Waals surface area contributed by atoms with E-state index in [2.05, 4.69) is 38.3 Å². The molecule has 1 aromatic carbocycles. The van der Waals surface area contributed by atoms with Crippen molar-refractivity contribution < 1.29 is 9.59 Å². The van der Waals surface area contributed by atoms with Crippen LogP contribution >= 0.6 is 0 Å². The Bertz CT molecular complexity index is 621. The highest BCUT2D eigenvalue weighted by molar-refractivity contribution is 5.96. The highest BCUT2D eigenvalue weighted by atomic mass is 16.2. The van der Waals surface area contributed by atoms with Crippen molar-refractivity contribution in [2.75, 3.05) is 10.6 Å². The van der Waals surface area contributed by atoms with E-state index in [9.17, 15) is 9.59 Å². The predicted octanol–water partition coefficient (Wildman–Crippen LogP) is 5.71. The molecule has 0 aliphatic heterocycles. The number of rotatable bonds is 10. The lowest BCUT2D eigenvalue weighted by molar-refractivity contribution is -0.118. The Kier molecular flexibility index (Phi) is 6.79. The number of benzene rings is 1. The first-order valence-electron chi connectivity index (χ1n) is 11.0. The Hall–Kier alpha value is -1.84. The number of nitrogens with one attached hydrogen (secondary N) is 2. The molecule has 4 nitrogen and oxygen atoms in total. The Balaban J connectivity index is 1.39. The van der Waals surface area contributed by atoms with Crippen LogP contribution in [0, 0.1) is 35.5 Å². The molecule has 4 atom stereocenters. The van der Waals surface area contributed by atoms with Crippen molar-refractivity contribution in [3.05, 3.63) is 24.3 Å². The molecule has 4 heteroatoms. The number of amides is 2. The van der Waals surface area contributed by atoms with Crippen LogP contribution in [-0.2, 0) is 9.59 Å². The summed E-state index contributed by atoms with van der Waals surface area (Å²) in [5, 5.41) is 6.04. The minimum atomic E-state index is 0.136. The maximum Gasteiger partial charge on any atom is 0.227 e. The Morgan fingerprint density at radius 2 is 1.14 bits per heavy atom. The second-order valence-electron chi connectivity index (χ2n) is 9.70. The van der Waals surface area contributed by atoms with Crippen LogP contribution in [0.2, 0.25) is 0 Å². The molecule has 0 spiro atoms. The number of carbonyl (C=O) groups is 2.